The fourth-order valence-electron chi connectivity index (χ4n) is 1.70. The van der Waals surface area contributed by atoms with Crippen LogP contribution in [0.3, 0.4) is 0 Å². The second-order valence-electron chi connectivity index (χ2n) is 4.65. The molecule has 4 nitrogen and oxygen atoms in total. The Morgan fingerprint density at radius 1 is 1.06 bits per heavy atom. The first kappa shape index (κ1) is 14.0. The second-order valence-corrected chi connectivity index (χ2v) is 5.80. The van der Waals surface area contributed by atoms with Crippen molar-refractivity contribution in [3.05, 3.63) is 29.3 Å². The SMILES string of the molecule is CC(C)c1cccc(C(C)C)c1OS(N)(=O)=O. The molecule has 0 heterocycles. The lowest BCUT2D eigenvalue weighted by atomic mass is 9.94. The van der Waals surface area contributed by atoms with Crippen molar-refractivity contribution in [1.82, 2.24) is 0 Å². The summed E-state index contributed by atoms with van der Waals surface area (Å²) in [7, 11) is -3.99. The highest BCUT2D eigenvalue weighted by molar-refractivity contribution is 7.84. The van der Waals surface area contributed by atoms with Crippen LogP contribution in [-0.2, 0) is 10.3 Å². The van der Waals surface area contributed by atoms with E-state index in [1.165, 1.54) is 0 Å². The highest BCUT2D eigenvalue weighted by Crippen LogP contribution is 2.34. The summed E-state index contributed by atoms with van der Waals surface area (Å²) in [5, 5.41) is 4.96. The molecule has 1 rings (SSSR count). The van der Waals surface area contributed by atoms with Gasteiger partial charge >= 0.3 is 10.3 Å². The molecule has 0 radical (unpaired) electrons. The maximum absolute atomic E-state index is 11.1. The molecule has 0 aliphatic heterocycles. The summed E-state index contributed by atoms with van der Waals surface area (Å²) in [5.41, 5.74) is 1.70. The van der Waals surface area contributed by atoms with Gasteiger partial charge in [0.2, 0.25) is 0 Å². The molecule has 0 spiro atoms. The van der Waals surface area contributed by atoms with Crippen molar-refractivity contribution in [2.45, 2.75) is 39.5 Å². The molecule has 0 unspecified atom stereocenters. The summed E-state index contributed by atoms with van der Waals surface area (Å²) in [5.74, 6) is 0.718. The molecular weight excluding hydrogens is 238 g/mol. The molecule has 0 amide bonds. The number of hydrogen-bond acceptors (Lipinski definition) is 3. The van der Waals surface area contributed by atoms with Gasteiger partial charge in [0.05, 0.1) is 0 Å². The lowest BCUT2D eigenvalue weighted by Gasteiger charge is -2.18. The normalized spacial score (nSPS) is 12.2. The molecule has 0 bridgehead atoms. The first-order valence-electron chi connectivity index (χ1n) is 5.57. The number of hydrogen-bond donors (Lipinski definition) is 1. The maximum Gasteiger partial charge on any atom is 0.380 e. The van der Waals surface area contributed by atoms with Gasteiger partial charge in [0.25, 0.3) is 0 Å². The molecule has 0 atom stereocenters. The molecule has 0 saturated heterocycles. The van der Waals surface area contributed by atoms with Crippen LogP contribution in [0.1, 0.15) is 50.7 Å². The van der Waals surface area contributed by atoms with Crippen LogP contribution in [0.15, 0.2) is 18.2 Å². The monoisotopic (exact) mass is 257 g/mol. The van der Waals surface area contributed by atoms with Gasteiger partial charge in [-0.2, -0.15) is 13.6 Å². The Balaban J connectivity index is 3.39. The van der Waals surface area contributed by atoms with E-state index in [1.807, 2.05) is 45.9 Å². The van der Waals surface area contributed by atoms with Crippen LogP contribution in [0.25, 0.3) is 0 Å². The summed E-state index contributed by atoms with van der Waals surface area (Å²) in [6, 6.07) is 5.62. The first-order chi connectivity index (χ1) is 7.72. The third kappa shape index (κ3) is 3.71. The minimum absolute atomic E-state index is 0.172. The van der Waals surface area contributed by atoms with Crippen LogP contribution in [0.2, 0.25) is 0 Å². The predicted octanol–water partition coefficient (Wildman–Crippen LogP) is 2.52. The van der Waals surface area contributed by atoms with Gasteiger partial charge in [-0.15, -0.1) is 0 Å². The highest BCUT2D eigenvalue weighted by atomic mass is 32.2. The molecule has 1 aromatic carbocycles. The Morgan fingerprint density at radius 2 is 1.47 bits per heavy atom. The van der Waals surface area contributed by atoms with E-state index in [9.17, 15) is 8.42 Å². The van der Waals surface area contributed by atoms with Crippen molar-refractivity contribution in [3.8, 4) is 5.75 Å². The van der Waals surface area contributed by atoms with Crippen molar-refractivity contribution in [2.24, 2.45) is 5.14 Å². The van der Waals surface area contributed by atoms with Crippen molar-refractivity contribution in [1.29, 1.82) is 0 Å². The standard InChI is InChI=1S/C12H19NO3S/c1-8(2)10-6-5-7-11(9(3)4)12(10)16-17(13,14)15/h5-9H,1-4H3,(H2,13,14,15). The van der Waals surface area contributed by atoms with E-state index in [0.717, 1.165) is 11.1 Å². The highest BCUT2D eigenvalue weighted by Gasteiger charge is 2.18. The van der Waals surface area contributed by atoms with Crippen molar-refractivity contribution >= 4 is 10.3 Å². The van der Waals surface area contributed by atoms with E-state index >= 15 is 0 Å². The topological polar surface area (TPSA) is 69.4 Å². The van der Waals surface area contributed by atoms with Crippen molar-refractivity contribution in [2.75, 3.05) is 0 Å². The molecule has 0 aliphatic carbocycles. The lowest BCUT2D eigenvalue weighted by molar-refractivity contribution is 0.477. The average molecular weight is 257 g/mol. The number of benzene rings is 1. The smallest absolute Gasteiger partial charge is 0.370 e. The Bertz CT molecular complexity index is 466. The summed E-state index contributed by atoms with van der Waals surface area (Å²) < 4.78 is 27.1. The Labute approximate surface area is 103 Å². The van der Waals surface area contributed by atoms with Gasteiger partial charge in [-0.25, -0.2) is 0 Å². The van der Waals surface area contributed by atoms with Gasteiger partial charge < -0.3 is 4.18 Å². The number of rotatable bonds is 4. The largest absolute Gasteiger partial charge is 0.380 e. The van der Waals surface area contributed by atoms with Crippen LogP contribution >= 0.6 is 0 Å². The minimum Gasteiger partial charge on any atom is -0.370 e. The Hall–Kier alpha value is -1.07. The quantitative estimate of drug-likeness (QED) is 0.901. The number of nitrogens with two attached hydrogens (primary N) is 1. The third-order valence-corrected chi connectivity index (χ3v) is 2.92. The van der Waals surface area contributed by atoms with Gasteiger partial charge in [0.15, 0.2) is 5.75 Å². The Kier molecular flexibility index (Phi) is 4.16. The lowest BCUT2D eigenvalue weighted by Crippen LogP contribution is -2.21. The first-order valence-corrected chi connectivity index (χ1v) is 7.04. The van der Waals surface area contributed by atoms with E-state index in [1.54, 1.807) is 0 Å². The van der Waals surface area contributed by atoms with Gasteiger partial charge in [0, 0.05) is 0 Å². The van der Waals surface area contributed by atoms with Gasteiger partial charge in [-0.05, 0) is 23.0 Å². The summed E-state index contributed by atoms with van der Waals surface area (Å²) in [4.78, 5) is 0. The second kappa shape index (κ2) is 5.06. The minimum atomic E-state index is -3.99. The van der Waals surface area contributed by atoms with Crippen LogP contribution in [0.5, 0.6) is 5.75 Å². The fraction of sp³-hybridized carbons (Fsp3) is 0.500. The number of para-hydroxylation sites is 1. The molecule has 0 saturated carbocycles. The van der Waals surface area contributed by atoms with Gasteiger partial charge in [-0.1, -0.05) is 45.9 Å². The summed E-state index contributed by atoms with van der Waals surface area (Å²) in [6.07, 6.45) is 0. The van der Waals surface area contributed by atoms with Gasteiger partial charge in [-0.3, -0.25) is 0 Å². The van der Waals surface area contributed by atoms with E-state index in [2.05, 4.69) is 0 Å². The molecule has 2 N–H and O–H groups in total. The molecule has 0 fully saturated rings. The fourth-order valence-corrected chi connectivity index (χ4v) is 2.12. The van der Waals surface area contributed by atoms with Crippen LogP contribution < -0.4 is 9.32 Å². The average Bonchev–Trinajstić information content (AvgIpc) is 2.14. The maximum atomic E-state index is 11.1. The molecule has 0 aliphatic rings. The van der Waals surface area contributed by atoms with E-state index in [-0.39, 0.29) is 11.8 Å². The molecule has 0 aromatic heterocycles. The van der Waals surface area contributed by atoms with Crippen molar-refractivity contribution < 1.29 is 12.6 Å². The third-order valence-electron chi connectivity index (χ3n) is 2.52. The summed E-state index contributed by atoms with van der Waals surface area (Å²) in [6.45, 7) is 7.93. The molecule has 96 valence electrons. The summed E-state index contributed by atoms with van der Waals surface area (Å²) >= 11 is 0. The van der Waals surface area contributed by atoms with E-state index in [4.69, 9.17) is 9.32 Å². The molecule has 17 heavy (non-hydrogen) atoms. The van der Waals surface area contributed by atoms with E-state index in [0.29, 0.717) is 5.75 Å². The molecular formula is C12H19NO3S. The molecule has 1 aromatic rings. The van der Waals surface area contributed by atoms with Crippen molar-refractivity contribution in [3.63, 3.8) is 0 Å². The Morgan fingerprint density at radius 3 is 1.76 bits per heavy atom. The van der Waals surface area contributed by atoms with Crippen LogP contribution in [-0.4, -0.2) is 8.42 Å². The zero-order chi connectivity index (χ0) is 13.2. The zero-order valence-corrected chi connectivity index (χ0v) is 11.4. The van der Waals surface area contributed by atoms with Gasteiger partial charge in [0.1, 0.15) is 0 Å². The predicted molar refractivity (Wildman–Crippen MR) is 68.4 cm³/mol. The van der Waals surface area contributed by atoms with Crippen LogP contribution in [0.4, 0.5) is 0 Å². The van der Waals surface area contributed by atoms with E-state index < -0.39 is 10.3 Å². The zero-order valence-electron chi connectivity index (χ0n) is 10.6. The molecule has 5 heteroatoms. The van der Waals surface area contributed by atoms with Crippen LogP contribution in [0, 0.1) is 0 Å².